The molecule has 4 rings (SSSR count). The smallest absolute Gasteiger partial charge is 0.358 e. The highest BCUT2D eigenvalue weighted by molar-refractivity contribution is 7.13. The van der Waals surface area contributed by atoms with Gasteiger partial charge in [0.05, 0.1) is 6.20 Å². The van der Waals surface area contributed by atoms with Gasteiger partial charge in [-0.3, -0.25) is 4.68 Å². The first-order chi connectivity index (χ1) is 10.2. The molecule has 0 radical (unpaired) electrons. The first-order valence-electron chi connectivity index (χ1n) is 7.34. The Morgan fingerprint density at radius 2 is 2.33 bits per heavy atom. The number of aromatic nitrogens is 3. The first kappa shape index (κ1) is 13.0. The molecule has 110 valence electrons. The van der Waals surface area contributed by atoms with Gasteiger partial charge in [0.15, 0.2) is 5.69 Å². The van der Waals surface area contributed by atoms with Crippen molar-refractivity contribution in [2.75, 3.05) is 0 Å². The fourth-order valence-corrected chi connectivity index (χ4v) is 4.33. The summed E-state index contributed by atoms with van der Waals surface area (Å²) in [5.41, 5.74) is 1.35. The van der Waals surface area contributed by atoms with Gasteiger partial charge in [-0.2, -0.15) is 5.10 Å². The third-order valence-electron chi connectivity index (χ3n) is 4.60. The van der Waals surface area contributed by atoms with Gasteiger partial charge in [-0.1, -0.05) is 0 Å². The van der Waals surface area contributed by atoms with Crippen LogP contribution in [0.1, 0.15) is 36.2 Å². The molecular weight excluding hydrogens is 286 g/mol. The largest absolute Gasteiger partial charge is 0.457 e. The number of nitrogens with zero attached hydrogens (tertiary/aromatic N) is 3. The van der Waals surface area contributed by atoms with Crippen LogP contribution in [0.3, 0.4) is 0 Å². The molecule has 2 aromatic heterocycles. The summed E-state index contributed by atoms with van der Waals surface area (Å²) in [5.74, 6) is 1.07. The van der Waals surface area contributed by atoms with Crippen LogP contribution >= 0.6 is 11.3 Å². The number of hydrogen-bond acceptors (Lipinski definition) is 5. The van der Waals surface area contributed by atoms with E-state index in [2.05, 4.69) is 10.1 Å². The zero-order chi connectivity index (χ0) is 14.4. The van der Waals surface area contributed by atoms with Crippen molar-refractivity contribution in [1.82, 2.24) is 14.8 Å². The van der Waals surface area contributed by atoms with Crippen LogP contribution in [0.4, 0.5) is 0 Å². The van der Waals surface area contributed by atoms with Crippen LogP contribution in [0, 0.1) is 11.8 Å². The predicted octanol–water partition coefficient (Wildman–Crippen LogP) is 2.89. The number of rotatable bonds is 3. The zero-order valence-electron chi connectivity index (χ0n) is 11.9. The van der Waals surface area contributed by atoms with Crippen molar-refractivity contribution >= 4 is 17.3 Å². The molecule has 0 aromatic carbocycles. The Hall–Kier alpha value is -1.69. The highest BCUT2D eigenvalue weighted by atomic mass is 32.1. The summed E-state index contributed by atoms with van der Waals surface area (Å²) >= 11 is 1.45. The van der Waals surface area contributed by atoms with Crippen LogP contribution in [0.15, 0.2) is 17.8 Å². The number of carbonyl (C=O) groups excluding carboxylic acids is 1. The fraction of sp³-hybridized carbons (Fsp3) is 0.533. The Balaban J connectivity index is 1.46. The number of ether oxygens (including phenoxy) is 1. The third kappa shape index (κ3) is 2.37. The maximum Gasteiger partial charge on any atom is 0.358 e. The standard InChI is InChI=1S/C15H17N3O2S/c1-18-7-11(6-16-18)14-17-12(8-21-14)15(19)20-13-5-9-2-3-10(13)4-9/h6-10,13H,2-5H2,1H3/t9-,10-,13-/m0/s1. The van der Waals surface area contributed by atoms with Gasteiger partial charge >= 0.3 is 5.97 Å². The molecule has 0 unspecified atom stereocenters. The lowest BCUT2D eigenvalue weighted by atomic mass is 9.98. The van der Waals surface area contributed by atoms with E-state index in [9.17, 15) is 4.79 Å². The highest BCUT2D eigenvalue weighted by Gasteiger charge is 2.41. The van der Waals surface area contributed by atoms with E-state index < -0.39 is 0 Å². The van der Waals surface area contributed by atoms with E-state index in [1.54, 1.807) is 16.3 Å². The molecule has 2 aliphatic rings. The maximum atomic E-state index is 12.2. The van der Waals surface area contributed by atoms with Gasteiger partial charge in [-0.25, -0.2) is 9.78 Å². The molecule has 5 nitrogen and oxygen atoms in total. The average molecular weight is 303 g/mol. The van der Waals surface area contributed by atoms with Crippen molar-refractivity contribution in [3.05, 3.63) is 23.5 Å². The van der Waals surface area contributed by atoms with Gasteiger partial charge in [0.2, 0.25) is 0 Å². The summed E-state index contributed by atoms with van der Waals surface area (Å²) in [7, 11) is 1.86. The van der Waals surface area contributed by atoms with Crippen LogP contribution in [-0.4, -0.2) is 26.8 Å². The van der Waals surface area contributed by atoms with Crippen molar-refractivity contribution in [3.63, 3.8) is 0 Å². The van der Waals surface area contributed by atoms with Crippen LogP contribution in [0.25, 0.3) is 10.6 Å². The monoisotopic (exact) mass is 303 g/mol. The van der Waals surface area contributed by atoms with E-state index in [4.69, 9.17) is 4.74 Å². The molecule has 2 heterocycles. The van der Waals surface area contributed by atoms with Crippen LogP contribution in [-0.2, 0) is 11.8 Å². The number of fused-ring (bicyclic) bond motifs is 2. The summed E-state index contributed by atoms with van der Waals surface area (Å²) in [4.78, 5) is 16.6. The lowest BCUT2D eigenvalue weighted by Gasteiger charge is -2.21. The van der Waals surface area contributed by atoms with Crippen molar-refractivity contribution in [3.8, 4) is 10.6 Å². The van der Waals surface area contributed by atoms with Gasteiger partial charge in [-0.05, 0) is 37.5 Å². The second-order valence-corrected chi connectivity index (χ2v) is 6.92. The summed E-state index contributed by atoms with van der Waals surface area (Å²) in [6.45, 7) is 0. The van der Waals surface area contributed by atoms with Gasteiger partial charge in [0.25, 0.3) is 0 Å². The Bertz CT molecular complexity index is 678. The molecule has 3 atom stereocenters. The lowest BCUT2D eigenvalue weighted by molar-refractivity contribution is 0.0153. The minimum Gasteiger partial charge on any atom is -0.457 e. The third-order valence-corrected chi connectivity index (χ3v) is 5.49. The number of esters is 1. The van der Waals surface area contributed by atoms with E-state index in [1.807, 2.05) is 13.2 Å². The summed E-state index contributed by atoms with van der Waals surface area (Å²) < 4.78 is 7.40. The highest BCUT2D eigenvalue weighted by Crippen LogP contribution is 2.46. The number of carbonyl (C=O) groups is 1. The van der Waals surface area contributed by atoms with Gasteiger partial charge < -0.3 is 4.74 Å². The summed E-state index contributed by atoms with van der Waals surface area (Å²) in [6.07, 6.45) is 8.54. The minimum atomic E-state index is -0.279. The summed E-state index contributed by atoms with van der Waals surface area (Å²) in [6, 6.07) is 0. The second-order valence-electron chi connectivity index (χ2n) is 6.06. The fourth-order valence-electron chi connectivity index (χ4n) is 3.56. The van der Waals surface area contributed by atoms with Crippen LogP contribution in [0.2, 0.25) is 0 Å². The Labute approximate surface area is 127 Å². The molecule has 0 N–H and O–H groups in total. The first-order valence-corrected chi connectivity index (χ1v) is 8.22. The normalized spacial score (nSPS) is 27.2. The molecule has 0 saturated heterocycles. The minimum absolute atomic E-state index is 0.111. The zero-order valence-corrected chi connectivity index (χ0v) is 12.7. The second kappa shape index (κ2) is 4.94. The van der Waals surface area contributed by atoms with E-state index in [-0.39, 0.29) is 12.1 Å². The van der Waals surface area contributed by atoms with E-state index >= 15 is 0 Å². The number of hydrogen-bond donors (Lipinski definition) is 0. The average Bonchev–Trinajstić information content (AvgIpc) is 3.22. The Morgan fingerprint density at radius 3 is 3.00 bits per heavy atom. The Morgan fingerprint density at radius 1 is 1.43 bits per heavy atom. The SMILES string of the molecule is Cn1cc(-c2nc(C(=O)O[C@H]3C[C@H]4CC[C@H]3C4)cs2)cn1. The van der Waals surface area contributed by atoms with E-state index in [0.717, 1.165) is 22.9 Å². The van der Waals surface area contributed by atoms with Crippen molar-refractivity contribution < 1.29 is 9.53 Å². The molecule has 2 aliphatic carbocycles. The molecule has 2 saturated carbocycles. The molecule has 2 fully saturated rings. The molecule has 2 aromatic rings. The molecule has 2 bridgehead atoms. The molecule has 6 heteroatoms. The molecule has 0 spiro atoms. The quantitative estimate of drug-likeness (QED) is 0.818. The maximum absolute atomic E-state index is 12.2. The molecular formula is C15H17N3O2S. The Kier molecular flexibility index (Phi) is 3.06. The van der Waals surface area contributed by atoms with E-state index in [1.165, 1.54) is 30.6 Å². The van der Waals surface area contributed by atoms with Gasteiger partial charge in [0, 0.05) is 24.2 Å². The van der Waals surface area contributed by atoms with Gasteiger partial charge in [-0.15, -0.1) is 11.3 Å². The van der Waals surface area contributed by atoms with Crippen molar-refractivity contribution in [2.24, 2.45) is 18.9 Å². The van der Waals surface area contributed by atoms with Crippen molar-refractivity contribution in [1.29, 1.82) is 0 Å². The molecule has 21 heavy (non-hydrogen) atoms. The summed E-state index contributed by atoms with van der Waals surface area (Å²) in [5, 5.41) is 6.71. The topological polar surface area (TPSA) is 57.0 Å². The molecule has 0 amide bonds. The number of thiazole rings is 1. The van der Waals surface area contributed by atoms with Crippen LogP contribution in [0.5, 0.6) is 0 Å². The molecule has 0 aliphatic heterocycles. The van der Waals surface area contributed by atoms with Crippen LogP contribution < -0.4 is 0 Å². The van der Waals surface area contributed by atoms with Gasteiger partial charge in [0.1, 0.15) is 11.1 Å². The van der Waals surface area contributed by atoms with E-state index in [0.29, 0.717) is 11.6 Å². The number of aryl methyl sites for hydroxylation is 1. The van der Waals surface area contributed by atoms with Crippen molar-refractivity contribution in [2.45, 2.75) is 31.8 Å². The lowest BCUT2D eigenvalue weighted by Crippen LogP contribution is -2.24. The predicted molar refractivity (Wildman–Crippen MR) is 79.0 cm³/mol.